The maximum Gasteiger partial charge on any atom is 0.223 e. The first-order valence-corrected chi connectivity index (χ1v) is 8.97. The Morgan fingerprint density at radius 1 is 1.11 bits per heavy atom. The molecular formula is C18H22Cl4N4O. The topological polar surface area (TPSA) is 62.5 Å². The van der Waals surface area contributed by atoms with E-state index in [0.717, 1.165) is 17.1 Å². The lowest BCUT2D eigenvalue weighted by atomic mass is 10.1. The number of benzene rings is 1. The molecule has 0 atom stereocenters. The van der Waals surface area contributed by atoms with Gasteiger partial charge in [-0.25, -0.2) is 4.98 Å². The second-order valence-electron chi connectivity index (χ2n) is 6.03. The minimum atomic E-state index is 0. The number of para-hydroxylation sites is 1. The van der Waals surface area contributed by atoms with Crippen LogP contribution in [0.5, 0.6) is 0 Å². The number of piperazine rings is 1. The first kappa shape index (κ1) is 23.6. The van der Waals surface area contributed by atoms with Crippen molar-refractivity contribution in [3.63, 3.8) is 0 Å². The molecule has 0 radical (unpaired) electrons. The minimum absolute atomic E-state index is 0. The van der Waals surface area contributed by atoms with Crippen LogP contribution < -0.4 is 10.6 Å². The molecule has 27 heavy (non-hydrogen) atoms. The second-order valence-corrected chi connectivity index (χ2v) is 6.87. The van der Waals surface area contributed by atoms with Gasteiger partial charge in [-0.1, -0.05) is 41.4 Å². The number of halogens is 4. The van der Waals surface area contributed by atoms with Gasteiger partial charge < -0.3 is 15.5 Å². The summed E-state index contributed by atoms with van der Waals surface area (Å²) in [6, 6.07) is 9.36. The van der Waals surface area contributed by atoms with E-state index in [9.17, 15) is 4.79 Å². The number of nitrogens with zero attached hydrogens (tertiary/aromatic N) is 3. The highest BCUT2D eigenvalue weighted by Crippen LogP contribution is 2.26. The highest BCUT2D eigenvalue weighted by Gasteiger charge is 2.23. The normalized spacial score (nSPS) is 13.6. The van der Waals surface area contributed by atoms with E-state index in [1.165, 1.54) is 0 Å². The van der Waals surface area contributed by atoms with Gasteiger partial charge in [0.25, 0.3) is 0 Å². The number of hydrogen-bond acceptors (Lipinski definition) is 4. The van der Waals surface area contributed by atoms with Gasteiger partial charge in [0, 0.05) is 44.5 Å². The highest BCUT2D eigenvalue weighted by molar-refractivity contribution is 6.36. The van der Waals surface area contributed by atoms with Gasteiger partial charge in [-0.3, -0.25) is 4.79 Å². The molecule has 1 aliphatic rings. The second kappa shape index (κ2) is 10.8. The molecule has 0 unspecified atom stereocenters. The van der Waals surface area contributed by atoms with Crippen LogP contribution in [-0.4, -0.2) is 42.0 Å². The van der Waals surface area contributed by atoms with E-state index in [0.29, 0.717) is 49.1 Å². The van der Waals surface area contributed by atoms with E-state index in [-0.39, 0.29) is 30.7 Å². The third-order valence-corrected chi connectivity index (χ3v) is 4.87. The Bertz CT molecular complexity index is 767. The molecule has 0 spiro atoms. The van der Waals surface area contributed by atoms with E-state index >= 15 is 0 Å². The lowest BCUT2D eigenvalue weighted by molar-refractivity contribution is -0.131. The summed E-state index contributed by atoms with van der Waals surface area (Å²) in [5, 5.41) is 1.05. The van der Waals surface area contributed by atoms with Gasteiger partial charge in [0.05, 0.1) is 10.0 Å². The van der Waals surface area contributed by atoms with Gasteiger partial charge in [-0.15, -0.1) is 24.8 Å². The number of aryl methyl sites for hydroxylation is 1. The fourth-order valence-electron chi connectivity index (χ4n) is 2.97. The van der Waals surface area contributed by atoms with Crippen LogP contribution in [0, 0.1) is 0 Å². The number of nitrogen functional groups attached to an aromatic ring is 1. The zero-order valence-electron chi connectivity index (χ0n) is 14.6. The summed E-state index contributed by atoms with van der Waals surface area (Å²) in [6.45, 7) is 2.72. The van der Waals surface area contributed by atoms with Crippen LogP contribution in [0.1, 0.15) is 12.0 Å². The van der Waals surface area contributed by atoms with Crippen LogP contribution in [0.15, 0.2) is 36.5 Å². The van der Waals surface area contributed by atoms with Crippen molar-refractivity contribution in [2.24, 2.45) is 0 Å². The SMILES string of the molecule is Cl.Cl.Nc1ccccc1CCC(=O)N1CCN(c2ncc(Cl)cc2Cl)CC1. The van der Waals surface area contributed by atoms with Crippen LogP contribution in [0.4, 0.5) is 11.5 Å². The van der Waals surface area contributed by atoms with Crippen molar-refractivity contribution >= 4 is 65.4 Å². The van der Waals surface area contributed by atoms with Crippen LogP contribution in [0.2, 0.25) is 10.0 Å². The average Bonchev–Trinajstić information content (AvgIpc) is 2.61. The number of pyridine rings is 1. The standard InChI is InChI=1S/C18H20Cl2N4O.2ClH/c19-14-11-15(20)18(22-12-14)24-9-7-23(8-10-24)17(25)6-5-13-3-1-2-4-16(13)21;;/h1-4,11-12H,5-10,21H2;2*1H. The number of carbonyl (C=O) groups is 1. The number of aromatic nitrogens is 1. The van der Waals surface area contributed by atoms with Crippen molar-refractivity contribution in [3.8, 4) is 0 Å². The molecule has 2 aromatic rings. The molecule has 1 amide bonds. The fraction of sp³-hybridized carbons (Fsp3) is 0.333. The summed E-state index contributed by atoms with van der Waals surface area (Å²) in [5.41, 5.74) is 7.69. The van der Waals surface area contributed by atoms with Gasteiger partial charge >= 0.3 is 0 Å². The first-order chi connectivity index (χ1) is 12.0. The predicted molar refractivity (Wildman–Crippen MR) is 117 cm³/mol. The van der Waals surface area contributed by atoms with E-state index in [1.807, 2.05) is 29.2 Å². The Kier molecular flexibility index (Phi) is 9.47. The average molecular weight is 452 g/mol. The summed E-state index contributed by atoms with van der Waals surface area (Å²) in [5.74, 6) is 0.869. The van der Waals surface area contributed by atoms with Crippen molar-refractivity contribution < 1.29 is 4.79 Å². The molecule has 3 rings (SSSR count). The van der Waals surface area contributed by atoms with Crippen LogP contribution in [0.3, 0.4) is 0 Å². The first-order valence-electron chi connectivity index (χ1n) is 8.22. The van der Waals surface area contributed by atoms with Crippen molar-refractivity contribution in [1.82, 2.24) is 9.88 Å². The lowest BCUT2D eigenvalue weighted by Gasteiger charge is -2.35. The third kappa shape index (κ3) is 6.04. The predicted octanol–water partition coefficient (Wildman–Crippen LogP) is 4.10. The number of carbonyl (C=O) groups excluding carboxylic acids is 1. The van der Waals surface area contributed by atoms with Gasteiger partial charge in [-0.05, 0) is 24.1 Å². The zero-order chi connectivity index (χ0) is 17.8. The lowest BCUT2D eigenvalue weighted by Crippen LogP contribution is -2.49. The Labute approximate surface area is 181 Å². The molecule has 0 saturated carbocycles. The van der Waals surface area contributed by atoms with Crippen LogP contribution in [0.25, 0.3) is 0 Å². The number of amides is 1. The number of nitrogens with two attached hydrogens (primary N) is 1. The van der Waals surface area contributed by atoms with Crippen molar-refractivity contribution in [1.29, 1.82) is 0 Å². The van der Waals surface area contributed by atoms with E-state index in [2.05, 4.69) is 9.88 Å². The third-order valence-electron chi connectivity index (χ3n) is 4.38. The molecule has 9 heteroatoms. The van der Waals surface area contributed by atoms with Gasteiger partial charge in [0.2, 0.25) is 5.91 Å². The summed E-state index contributed by atoms with van der Waals surface area (Å²) < 4.78 is 0. The van der Waals surface area contributed by atoms with Crippen LogP contribution >= 0.6 is 48.0 Å². The molecule has 1 fully saturated rings. The van der Waals surface area contributed by atoms with Crippen LogP contribution in [-0.2, 0) is 11.2 Å². The molecule has 1 aliphatic heterocycles. The summed E-state index contributed by atoms with van der Waals surface area (Å²) >= 11 is 12.1. The molecule has 0 bridgehead atoms. The molecule has 1 aromatic carbocycles. The maximum absolute atomic E-state index is 12.4. The highest BCUT2D eigenvalue weighted by atomic mass is 35.5. The molecule has 5 nitrogen and oxygen atoms in total. The molecule has 2 N–H and O–H groups in total. The van der Waals surface area contributed by atoms with E-state index in [1.54, 1.807) is 12.3 Å². The quantitative estimate of drug-likeness (QED) is 0.710. The Morgan fingerprint density at radius 2 is 1.78 bits per heavy atom. The summed E-state index contributed by atoms with van der Waals surface area (Å²) in [4.78, 5) is 20.7. The molecule has 148 valence electrons. The number of anilines is 2. The Morgan fingerprint density at radius 3 is 2.41 bits per heavy atom. The molecule has 1 aromatic heterocycles. The smallest absolute Gasteiger partial charge is 0.223 e. The fourth-order valence-corrected chi connectivity index (χ4v) is 3.47. The van der Waals surface area contributed by atoms with Crippen molar-refractivity contribution in [3.05, 3.63) is 52.1 Å². The zero-order valence-corrected chi connectivity index (χ0v) is 17.8. The molecular weight excluding hydrogens is 430 g/mol. The number of hydrogen-bond donors (Lipinski definition) is 1. The maximum atomic E-state index is 12.4. The van der Waals surface area contributed by atoms with Crippen molar-refractivity contribution in [2.45, 2.75) is 12.8 Å². The number of rotatable bonds is 4. The Balaban J connectivity index is 0.00000182. The van der Waals surface area contributed by atoms with E-state index < -0.39 is 0 Å². The summed E-state index contributed by atoms with van der Waals surface area (Å²) in [7, 11) is 0. The van der Waals surface area contributed by atoms with Crippen molar-refractivity contribution in [2.75, 3.05) is 36.8 Å². The molecule has 2 heterocycles. The summed E-state index contributed by atoms with van der Waals surface area (Å²) in [6.07, 6.45) is 2.72. The minimum Gasteiger partial charge on any atom is -0.399 e. The molecule has 1 saturated heterocycles. The Hall–Kier alpha value is -1.40. The largest absolute Gasteiger partial charge is 0.399 e. The molecule has 0 aliphatic carbocycles. The van der Waals surface area contributed by atoms with Gasteiger partial charge in [0.1, 0.15) is 5.82 Å². The van der Waals surface area contributed by atoms with E-state index in [4.69, 9.17) is 28.9 Å². The van der Waals surface area contributed by atoms with Gasteiger partial charge in [0.15, 0.2) is 0 Å². The van der Waals surface area contributed by atoms with Gasteiger partial charge in [-0.2, -0.15) is 0 Å². The monoisotopic (exact) mass is 450 g/mol.